The van der Waals surface area contributed by atoms with Gasteiger partial charge in [0.2, 0.25) is 5.91 Å². The molecule has 31 heavy (non-hydrogen) atoms. The molecule has 0 saturated carbocycles. The number of guanidine groups is 1. The fourth-order valence-corrected chi connectivity index (χ4v) is 4.49. The van der Waals surface area contributed by atoms with E-state index in [1.807, 2.05) is 11.0 Å². The highest BCUT2D eigenvalue weighted by Gasteiger charge is 2.30. The fraction of sp³-hybridized carbons (Fsp3) is 0.667. The van der Waals surface area contributed by atoms with Crippen molar-refractivity contribution in [2.24, 2.45) is 4.99 Å². The number of benzene rings is 1. The van der Waals surface area contributed by atoms with Gasteiger partial charge in [0.25, 0.3) is 0 Å². The number of nitrogens with zero attached hydrogens (tertiary/aromatic N) is 4. The zero-order chi connectivity index (χ0) is 22.2. The van der Waals surface area contributed by atoms with Crippen molar-refractivity contribution in [1.82, 2.24) is 20.0 Å². The summed E-state index contributed by atoms with van der Waals surface area (Å²) >= 11 is 0. The monoisotopic (exact) mass is 429 g/mol. The Morgan fingerprint density at radius 3 is 2.48 bits per heavy atom. The summed E-state index contributed by atoms with van der Waals surface area (Å²) < 4.78 is 5.50. The van der Waals surface area contributed by atoms with Crippen molar-refractivity contribution in [3.63, 3.8) is 0 Å². The van der Waals surface area contributed by atoms with E-state index in [1.54, 1.807) is 7.11 Å². The molecule has 1 unspecified atom stereocenters. The second-order valence-electron chi connectivity index (χ2n) is 8.53. The van der Waals surface area contributed by atoms with Crippen molar-refractivity contribution < 1.29 is 9.53 Å². The first-order chi connectivity index (χ1) is 15.0. The number of carbonyl (C=O) groups is 1. The summed E-state index contributed by atoms with van der Waals surface area (Å²) in [7, 11) is 1.72. The maximum Gasteiger partial charge on any atom is 0.239 e. The minimum atomic E-state index is -0.0337. The predicted molar refractivity (Wildman–Crippen MR) is 126 cm³/mol. The number of ether oxygens (including phenoxy) is 1. The van der Waals surface area contributed by atoms with Gasteiger partial charge in [0.05, 0.1) is 13.2 Å². The molecule has 1 aromatic carbocycles. The summed E-state index contributed by atoms with van der Waals surface area (Å²) in [6, 6.07) is 6.25. The second kappa shape index (κ2) is 11.4. The number of likely N-dealkylation sites (tertiary alicyclic amines) is 1. The lowest BCUT2D eigenvalue weighted by Gasteiger charge is -2.39. The van der Waals surface area contributed by atoms with Gasteiger partial charge < -0.3 is 19.9 Å². The van der Waals surface area contributed by atoms with Crippen LogP contribution in [0.2, 0.25) is 0 Å². The number of hydrogen-bond acceptors (Lipinski definition) is 4. The normalized spacial score (nSPS) is 18.9. The number of rotatable bonds is 7. The number of nitrogens with one attached hydrogen (secondary N) is 1. The third kappa shape index (κ3) is 6.12. The molecule has 2 aliphatic heterocycles. The molecule has 2 heterocycles. The van der Waals surface area contributed by atoms with Crippen LogP contribution in [0.15, 0.2) is 23.2 Å². The van der Waals surface area contributed by atoms with E-state index in [9.17, 15) is 4.79 Å². The Balaban J connectivity index is 1.55. The lowest BCUT2D eigenvalue weighted by Crippen LogP contribution is -2.57. The zero-order valence-corrected chi connectivity index (χ0v) is 19.7. The van der Waals surface area contributed by atoms with Crippen molar-refractivity contribution in [3.05, 3.63) is 29.3 Å². The Bertz CT molecular complexity index is 752. The first-order valence-corrected chi connectivity index (χ1v) is 11.7. The standard InChI is InChI=1S/C24H39N5O2/c1-5-25-24(26-11-10-21-18-19(2)8-9-22(21)31-4)29-16-14-27(15-17-29)20(3)23(30)28-12-6-7-13-28/h8-9,18,20H,5-7,10-17H2,1-4H3,(H,25,26). The Morgan fingerprint density at radius 1 is 1.13 bits per heavy atom. The van der Waals surface area contributed by atoms with Gasteiger partial charge in [-0.3, -0.25) is 14.7 Å². The molecule has 7 nitrogen and oxygen atoms in total. The van der Waals surface area contributed by atoms with Crippen LogP contribution in [0.1, 0.15) is 37.8 Å². The number of amides is 1. The third-order valence-electron chi connectivity index (χ3n) is 6.35. The molecule has 1 amide bonds. The lowest BCUT2D eigenvalue weighted by atomic mass is 10.1. The van der Waals surface area contributed by atoms with Crippen LogP contribution in [0, 0.1) is 6.92 Å². The average molecular weight is 430 g/mol. The number of carbonyl (C=O) groups excluding carboxylic acids is 1. The van der Waals surface area contributed by atoms with Gasteiger partial charge in [-0.25, -0.2) is 0 Å². The van der Waals surface area contributed by atoms with Crippen LogP contribution in [0.25, 0.3) is 0 Å². The van der Waals surface area contributed by atoms with Gasteiger partial charge in [-0.1, -0.05) is 17.7 Å². The molecule has 1 atom stereocenters. The van der Waals surface area contributed by atoms with Gasteiger partial charge in [-0.15, -0.1) is 0 Å². The number of aliphatic imine (C=N–C) groups is 1. The quantitative estimate of drug-likeness (QED) is 0.532. The maximum absolute atomic E-state index is 12.7. The maximum atomic E-state index is 12.7. The summed E-state index contributed by atoms with van der Waals surface area (Å²) in [4.78, 5) is 24.3. The predicted octanol–water partition coefficient (Wildman–Crippen LogP) is 2.14. The average Bonchev–Trinajstić information content (AvgIpc) is 3.33. The van der Waals surface area contributed by atoms with Crippen molar-refractivity contribution in [2.75, 3.05) is 59.5 Å². The smallest absolute Gasteiger partial charge is 0.239 e. The van der Waals surface area contributed by atoms with Crippen LogP contribution in [0.4, 0.5) is 0 Å². The lowest BCUT2D eigenvalue weighted by molar-refractivity contribution is -0.135. The molecule has 1 N–H and O–H groups in total. The molecule has 2 saturated heterocycles. The van der Waals surface area contributed by atoms with Gasteiger partial charge in [-0.2, -0.15) is 0 Å². The summed E-state index contributed by atoms with van der Waals surface area (Å²) in [6.45, 7) is 13.2. The van der Waals surface area contributed by atoms with E-state index in [-0.39, 0.29) is 6.04 Å². The van der Waals surface area contributed by atoms with Crippen molar-refractivity contribution in [3.8, 4) is 5.75 Å². The number of aryl methyl sites for hydroxylation is 1. The van der Waals surface area contributed by atoms with E-state index in [0.29, 0.717) is 12.5 Å². The Kier molecular flexibility index (Phi) is 8.58. The van der Waals surface area contributed by atoms with E-state index in [1.165, 1.54) is 11.1 Å². The molecular weight excluding hydrogens is 390 g/mol. The van der Waals surface area contributed by atoms with Crippen LogP contribution in [0.5, 0.6) is 5.75 Å². The van der Waals surface area contributed by atoms with Crippen molar-refractivity contribution in [1.29, 1.82) is 0 Å². The summed E-state index contributed by atoms with van der Waals surface area (Å²) in [5.41, 5.74) is 2.43. The van der Waals surface area contributed by atoms with Gasteiger partial charge in [0.1, 0.15) is 5.75 Å². The number of methoxy groups -OCH3 is 1. The first-order valence-electron chi connectivity index (χ1n) is 11.7. The molecule has 0 bridgehead atoms. The van der Waals surface area contributed by atoms with Gasteiger partial charge in [0, 0.05) is 52.4 Å². The molecule has 2 aliphatic rings. The number of piperazine rings is 1. The highest BCUT2D eigenvalue weighted by atomic mass is 16.5. The molecule has 1 aromatic rings. The Labute approximate surface area is 187 Å². The first kappa shape index (κ1) is 23.4. The Hall–Kier alpha value is -2.28. The van der Waals surface area contributed by atoms with E-state index in [0.717, 1.165) is 76.8 Å². The Morgan fingerprint density at radius 2 is 1.84 bits per heavy atom. The minimum Gasteiger partial charge on any atom is -0.496 e. The van der Waals surface area contributed by atoms with Gasteiger partial charge >= 0.3 is 0 Å². The minimum absolute atomic E-state index is 0.0337. The molecule has 0 radical (unpaired) electrons. The van der Waals surface area contributed by atoms with E-state index >= 15 is 0 Å². The summed E-state index contributed by atoms with van der Waals surface area (Å²) in [5.74, 6) is 2.18. The molecule has 0 aromatic heterocycles. The van der Waals surface area contributed by atoms with Crippen LogP contribution >= 0.6 is 0 Å². The fourth-order valence-electron chi connectivity index (χ4n) is 4.49. The molecule has 0 aliphatic carbocycles. The van der Waals surface area contributed by atoms with Gasteiger partial charge in [-0.05, 0) is 51.7 Å². The van der Waals surface area contributed by atoms with Crippen LogP contribution < -0.4 is 10.1 Å². The molecule has 7 heteroatoms. The highest BCUT2D eigenvalue weighted by molar-refractivity contribution is 5.82. The number of hydrogen-bond donors (Lipinski definition) is 1. The van der Waals surface area contributed by atoms with Crippen molar-refractivity contribution in [2.45, 2.75) is 46.1 Å². The second-order valence-corrected chi connectivity index (χ2v) is 8.53. The summed E-state index contributed by atoms with van der Waals surface area (Å²) in [6.07, 6.45) is 3.13. The van der Waals surface area contributed by atoms with E-state index < -0.39 is 0 Å². The molecule has 3 rings (SSSR count). The van der Waals surface area contributed by atoms with Crippen LogP contribution in [0.3, 0.4) is 0 Å². The zero-order valence-electron chi connectivity index (χ0n) is 19.7. The molecular formula is C24H39N5O2. The largest absolute Gasteiger partial charge is 0.496 e. The third-order valence-corrected chi connectivity index (χ3v) is 6.35. The van der Waals surface area contributed by atoms with Crippen molar-refractivity contribution >= 4 is 11.9 Å². The summed E-state index contributed by atoms with van der Waals surface area (Å²) in [5, 5.41) is 3.44. The molecule has 0 spiro atoms. The molecule has 2 fully saturated rings. The van der Waals surface area contributed by atoms with Gasteiger partial charge in [0.15, 0.2) is 5.96 Å². The van der Waals surface area contributed by atoms with E-state index in [4.69, 9.17) is 9.73 Å². The van der Waals surface area contributed by atoms with Crippen LogP contribution in [-0.2, 0) is 11.2 Å². The highest BCUT2D eigenvalue weighted by Crippen LogP contribution is 2.20. The van der Waals surface area contributed by atoms with E-state index in [2.05, 4.69) is 48.0 Å². The SMILES string of the molecule is CCNC(=NCCc1cc(C)ccc1OC)N1CCN(C(C)C(=O)N2CCCC2)CC1. The topological polar surface area (TPSA) is 60.4 Å². The molecule has 172 valence electrons. The van der Waals surface area contributed by atoms with Crippen LogP contribution in [-0.4, -0.2) is 92.1 Å².